The molecule has 1 aromatic carbocycles. The second-order valence-corrected chi connectivity index (χ2v) is 4.75. The molecule has 0 aliphatic rings. The maximum Gasteiger partial charge on any atom is 0.331 e. The maximum absolute atomic E-state index is 11.4. The van der Waals surface area contributed by atoms with Crippen molar-refractivity contribution in [3.8, 4) is 11.3 Å². The highest BCUT2D eigenvalue weighted by Crippen LogP contribution is 2.22. The summed E-state index contributed by atoms with van der Waals surface area (Å²) < 4.78 is 15.0. The maximum atomic E-state index is 11.4. The van der Waals surface area contributed by atoms with Crippen LogP contribution in [0.4, 0.5) is 0 Å². The van der Waals surface area contributed by atoms with Gasteiger partial charge in [-0.25, -0.2) is 14.6 Å². The first kappa shape index (κ1) is 16.8. The summed E-state index contributed by atoms with van der Waals surface area (Å²) in [6.07, 6.45) is 3.52. The Hall–Kier alpha value is -2.60. The van der Waals surface area contributed by atoms with E-state index in [1.54, 1.807) is 31.2 Å². The second-order valence-electron chi connectivity index (χ2n) is 4.32. The van der Waals surface area contributed by atoms with Crippen LogP contribution in [0.3, 0.4) is 0 Å². The molecule has 0 bridgehead atoms. The minimum absolute atomic E-state index is 0.139. The molecule has 0 unspecified atom stereocenters. The molecule has 7 heteroatoms. The van der Waals surface area contributed by atoms with Crippen molar-refractivity contribution in [2.45, 2.75) is 13.5 Å². The van der Waals surface area contributed by atoms with Crippen molar-refractivity contribution in [2.75, 3.05) is 6.61 Å². The van der Waals surface area contributed by atoms with Gasteiger partial charge in [-0.1, -0.05) is 11.6 Å². The first-order valence-corrected chi connectivity index (χ1v) is 7.18. The molecular weight excluding hydrogens is 322 g/mol. The van der Waals surface area contributed by atoms with E-state index >= 15 is 0 Å². The molecule has 0 N–H and O–H groups in total. The molecule has 0 amide bonds. The summed E-state index contributed by atoms with van der Waals surface area (Å²) in [7, 11) is 0. The minimum atomic E-state index is -0.690. The molecule has 0 aliphatic heterocycles. The molecule has 1 aromatic heterocycles. The lowest BCUT2D eigenvalue weighted by Crippen LogP contribution is -2.04. The third-order valence-corrected chi connectivity index (χ3v) is 2.91. The number of hydrogen-bond acceptors (Lipinski definition) is 6. The van der Waals surface area contributed by atoms with Gasteiger partial charge in [0.25, 0.3) is 0 Å². The fourth-order valence-corrected chi connectivity index (χ4v) is 1.76. The topological polar surface area (TPSA) is 78.6 Å². The average molecular weight is 336 g/mol. The van der Waals surface area contributed by atoms with Crippen molar-refractivity contribution >= 4 is 23.5 Å². The lowest BCUT2D eigenvalue weighted by Gasteiger charge is -1.99. The normalized spacial score (nSPS) is 10.7. The molecular formula is C16H14ClNO5. The number of carbonyl (C=O) groups is 2. The van der Waals surface area contributed by atoms with Crippen molar-refractivity contribution < 1.29 is 23.5 Å². The molecule has 0 saturated heterocycles. The fourth-order valence-electron chi connectivity index (χ4n) is 1.63. The van der Waals surface area contributed by atoms with E-state index in [-0.39, 0.29) is 19.1 Å². The highest BCUT2D eigenvalue weighted by atomic mass is 35.5. The summed E-state index contributed by atoms with van der Waals surface area (Å²) >= 11 is 5.82. The smallest absolute Gasteiger partial charge is 0.331 e. The summed E-state index contributed by atoms with van der Waals surface area (Å²) in [5, 5.41) is 0.621. The van der Waals surface area contributed by atoms with E-state index in [2.05, 4.69) is 9.72 Å². The predicted octanol–water partition coefficient (Wildman–Crippen LogP) is 3.16. The Kier molecular flexibility index (Phi) is 5.94. The molecule has 0 radical (unpaired) electrons. The van der Waals surface area contributed by atoms with Gasteiger partial charge in [-0.3, -0.25) is 0 Å². The first-order chi connectivity index (χ1) is 11.1. The van der Waals surface area contributed by atoms with Crippen molar-refractivity contribution in [1.82, 2.24) is 4.98 Å². The fraction of sp³-hybridized carbons (Fsp3) is 0.188. The summed E-state index contributed by atoms with van der Waals surface area (Å²) in [5.41, 5.74) is 0.807. The number of esters is 2. The van der Waals surface area contributed by atoms with Crippen LogP contribution in [0.15, 0.2) is 47.0 Å². The highest BCUT2D eigenvalue weighted by Gasteiger charge is 2.08. The van der Waals surface area contributed by atoms with Gasteiger partial charge in [-0.15, -0.1) is 0 Å². The minimum Gasteiger partial charge on any atom is -0.463 e. The van der Waals surface area contributed by atoms with Gasteiger partial charge in [0.2, 0.25) is 5.89 Å². The monoisotopic (exact) mass is 335 g/mol. The zero-order valence-electron chi connectivity index (χ0n) is 12.3. The second kappa shape index (κ2) is 8.14. The summed E-state index contributed by atoms with van der Waals surface area (Å²) in [6, 6.07) is 7.06. The molecule has 0 aliphatic carbocycles. The van der Waals surface area contributed by atoms with Gasteiger partial charge in [0, 0.05) is 22.7 Å². The third-order valence-electron chi connectivity index (χ3n) is 2.66. The summed E-state index contributed by atoms with van der Waals surface area (Å²) in [4.78, 5) is 26.5. The van der Waals surface area contributed by atoms with Crippen LogP contribution in [0.25, 0.3) is 11.3 Å². The lowest BCUT2D eigenvalue weighted by molar-refractivity contribution is -0.141. The Bertz CT molecular complexity index is 706. The van der Waals surface area contributed by atoms with E-state index in [0.29, 0.717) is 10.8 Å². The van der Waals surface area contributed by atoms with Crippen LogP contribution in [0.5, 0.6) is 0 Å². The van der Waals surface area contributed by atoms with Gasteiger partial charge in [0.1, 0.15) is 0 Å². The predicted molar refractivity (Wildman–Crippen MR) is 82.5 cm³/mol. The summed E-state index contributed by atoms with van der Waals surface area (Å²) in [6.45, 7) is 1.77. The molecule has 0 atom stereocenters. The molecule has 6 nitrogen and oxygen atoms in total. The molecule has 1 heterocycles. The van der Waals surface area contributed by atoms with Gasteiger partial charge in [-0.2, -0.15) is 0 Å². The number of oxazole rings is 1. The Balaban J connectivity index is 1.88. The lowest BCUT2D eigenvalue weighted by atomic mass is 10.2. The third kappa shape index (κ3) is 5.27. The van der Waals surface area contributed by atoms with Crippen LogP contribution < -0.4 is 0 Å². The van der Waals surface area contributed by atoms with E-state index in [0.717, 1.165) is 17.7 Å². The van der Waals surface area contributed by atoms with Gasteiger partial charge in [0.05, 0.1) is 12.8 Å². The molecule has 120 valence electrons. The molecule has 0 fully saturated rings. The first-order valence-electron chi connectivity index (χ1n) is 6.80. The Morgan fingerprint density at radius 2 is 1.83 bits per heavy atom. The SMILES string of the molecule is CCOC(=O)/C=C/C(=O)OCc1ncc(-c2ccc(Cl)cc2)o1. The number of halogens is 1. The van der Waals surface area contributed by atoms with Crippen molar-refractivity contribution in [3.63, 3.8) is 0 Å². The highest BCUT2D eigenvalue weighted by molar-refractivity contribution is 6.30. The van der Waals surface area contributed by atoms with Gasteiger partial charge < -0.3 is 13.9 Å². The molecule has 0 saturated carbocycles. The van der Waals surface area contributed by atoms with Gasteiger partial charge >= 0.3 is 11.9 Å². The number of ether oxygens (including phenoxy) is 2. The van der Waals surface area contributed by atoms with Crippen molar-refractivity contribution in [3.05, 3.63) is 53.5 Å². The van der Waals surface area contributed by atoms with Crippen LogP contribution in [0.1, 0.15) is 12.8 Å². The van der Waals surface area contributed by atoms with E-state index in [1.165, 1.54) is 6.20 Å². The van der Waals surface area contributed by atoms with Crippen LogP contribution >= 0.6 is 11.6 Å². The van der Waals surface area contributed by atoms with Crippen LogP contribution in [0, 0.1) is 0 Å². The van der Waals surface area contributed by atoms with E-state index in [1.807, 2.05) is 0 Å². The van der Waals surface area contributed by atoms with E-state index in [4.69, 9.17) is 20.8 Å². The molecule has 2 rings (SSSR count). The van der Waals surface area contributed by atoms with Crippen molar-refractivity contribution in [1.29, 1.82) is 0 Å². The number of nitrogens with zero attached hydrogens (tertiary/aromatic N) is 1. The van der Waals surface area contributed by atoms with Crippen LogP contribution in [0.2, 0.25) is 5.02 Å². The Labute approximate surface area is 137 Å². The van der Waals surface area contributed by atoms with Crippen LogP contribution in [-0.4, -0.2) is 23.5 Å². The van der Waals surface area contributed by atoms with Gasteiger partial charge in [-0.05, 0) is 31.2 Å². The van der Waals surface area contributed by atoms with E-state index < -0.39 is 11.9 Å². The van der Waals surface area contributed by atoms with E-state index in [9.17, 15) is 9.59 Å². The number of hydrogen-bond donors (Lipinski definition) is 0. The van der Waals surface area contributed by atoms with Crippen LogP contribution in [-0.2, 0) is 25.7 Å². The quantitative estimate of drug-likeness (QED) is 0.596. The van der Waals surface area contributed by atoms with Gasteiger partial charge in [0.15, 0.2) is 12.4 Å². The number of carbonyl (C=O) groups excluding carboxylic acids is 2. The zero-order valence-corrected chi connectivity index (χ0v) is 13.1. The molecule has 23 heavy (non-hydrogen) atoms. The Morgan fingerprint density at radius 1 is 1.17 bits per heavy atom. The standard InChI is InChI=1S/C16H14ClNO5/c1-2-21-15(19)7-8-16(20)22-10-14-18-9-13(23-14)11-3-5-12(17)6-4-11/h3-9H,2,10H2,1H3/b8-7+. The molecule has 2 aromatic rings. The average Bonchev–Trinajstić information content (AvgIpc) is 3.01. The summed E-state index contributed by atoms with van der Waals surface area (Å²) in [5.74, 6) is -0.516. The number of benzene rings is 1. The zero-order chi connectivity index (χ0) is 16.7. The largest absolute Gasteiger partial charge is 0.463 e. The number of rotatable bonds is 6. The molecule has 0 spiro atoms. The van der Waals surface area contributed by atoms with Crippen molar-refractivity contribution in [2.24, 2.45) is 0 Å². The Morgan fingerprint density at radius 3 is 2.48 bits per heavy atom. The number of aromatic nitrogens is 1.